The highest BCUT2D eigenvalue weighted by Gasteiger charge is 2.41. The first-order valence-corrected chi connectivity index (χ1v) is 13.9. The van der Waals surface area contributed by atoms with Crippen molar-refractivity contribution in [1.82, 2.24) is 24.6 Å². The van der Waals surface area contributed by atoms with E-state index in [0.29, 0.717) is 53.7 Å². The van der Waals surface area contributed by atoms with Crippen LogP contribution in [0.25, 0.3) is 22.4 Å². The number of nitrogens with zero attached hydrogens (tertiary/aromatic N) is 6. The van der Waals surface area contributed by atoms with Gasteiger partial charge in [0.05, 0.1) is 30.3 Å². The first-order valence-electron chi connectivity index (χ1n) is 13.9. The molecule has 2 bridgehead atoms. The molecule has 226 valence electrons. The van der Waals surface area contributed by atoms with Gasteiger partial charge in [-0.05, 0) is 69.0 Å². The summed E-state index contributed by atoms with van der Waals surface area (Å²) in [5.41, 5.74) is 1.80. The van der Waals surface area contributed by atoms with Crippen molar-refractivity contribution < 1.29 is 27.4 Å². The Morgan fingerprint density at radius 1 is 1.07 bits per heavy atom. The molecule has 11 nitrogen and oxygen atoms in total. The van der Waals surface area contributed by atoms with Gasteiger partial charge in [0, 0.05) is 30.0 Å². The number of benzene rings is 2. The van der Waals surface area contributed by atoms with E-state index < -0.39 is 18.8 Å². The number of alkyl halides is 3. The zero-order chi connectivity index (χ0) is 30.1. The molecule has 43 heavy (non-hydrogen) atoms. The van der Waals surface area contributed by atoms with Crippen molar-refractivity contribution in [2.75, 3.05) is 55.9 Å². The fourth-order valence-corrected chi connectivity index (χ4v) is 5.21. The minimum Gasteiger partial charge on any atom is -0.492 e. The summed E-state index contributed by atoms with van der Waals surface area (Å²) in [6, 6.07) is 13.5. The summed E-state index contributed by atoms with van der Waals surface area (Å²) in [7, 11) is 3.94. The van der Waals surface area contributed by atoms with E-state index in [2.05, 4.69) is 25.6 Å². The van der Waals surface area contributed by atoms with Crippen molar-refractivity contribution in [1.29, 1.82) is 0 Å². The number of morpholine rings is 1. The Hall–Kier alpha value is -4.43. The number of nitrogens with one attached hydrogen (secondary N) is 2. The number of urea groups is 1. The fourth-order valence-electron chi connectivity index (χ4n) is 5.21. The predicted molar refractivity (Wildman–Crippen MR) is 155 cm³/mol. The van der Waals surface area contributed by atoms with Crippen LogP contribution in [0.5, 0.6) is 5.75 Å². The molecule has 2 saturated heterocycles. The highest BCUT2D eigenvalue weighted by Crippen LogP contribution is 2.36. The van der Waals surface area contributed by atoms with E-state index in [1.54, 1.807) is 48.5 Å². The molecule has 2 aromatic carbocycles. The van der Waals surface area contributed by atoms with Crippen molar-refractivity contribution in [2.24, 2.45) is 0 Å². The van der Waals surface area contributed by atoms with Gasteiger partial charge in [-0.3, -0.25) is 0 Å². The number of fused-ring (bicyclic) bond motifs is 3. The van der Waals surface area contributed by atoms with E-state index >= 15 is 0 Å². The van der Waals surface area contributed by atoms with Crippen LogP contribution >= 0.6 is 0 Å². The van der Waals surface area contributed by atoms with E-state index in [0.717, 1.165) is 17.6 Å². The number of carbonyl (C=O) groups is 1. The highest BCUT2D eigenvalue weighted by molar-refractivity contribution is 6.00. The third-order valence-electron chi connectivity index (χ3n) is 7.30. The minimum atomic E-state index is -4.46. The summed E-state index contributed by atoms with van der Waals surface area (Å²) >= 11 is 0. The Morgan fingerprint density at radius 2 is 1.77 bits per heavy atom. The number of carbonyl (C=O) groups excluding carboxylic acids is 1. The lowest BCUT2D eigenvalue weighted by Crippen LogP contribution is -2.37. The normalized spacial score (nSPS) is 18.0. The zero-order valence-electron chi connectivity index (χ0n) is 23.6. The van der Waals surface area contributed by atoms with Gasteiger partial charge in [0.15, 0.2) is 11.5 Å². The molecular formula is C29H31F3N8O3. The number of ether oxygens (including phenoxy) is 2. The van der Waals surface area contributed by atoms with Gasteiger partial charge in [-0.25, -0.2) is 19.4 Å². The van der Waals surface area contributed by atoms with Gasteiger partial charge in [-0.15, -0.1) is 0 Å². The van der Waals surface area contributed by atoms with E-state index in [9.17, 15) is 18.0 Å². The average Bonchev–Trinajstić information content (AvgIpc) is 3.70. The number of rotatable bonds is 9. The summed E-state index contributed by atoms with van der Waals surface area (Å²) in [6.45, 7) is 1.23. The molecule has 2 amide bonds. The molecular weight excluding hydrogens is 565 g/mol. The number of hydrogen-bond acceptors (Lipinski definition) is 8. The minimum absolute atomic E-state index is 0.0690. The third kappa shape index (κ3) is 6.65. The van der Waals surface area contributed by atoms with Gasteiger partial charge in [0.25, 0.3) is 0 Å². The number of aromatic nitrogens is 4. The maximum atomic E-state index is 13.3. The molecule has 2 atom stereocenters. The van der Waals surface area contributed by atoms with Gasteiger partial charge < -0.3 is 29.9 Å². The standard InChI is InChI=1S/C29H31F3N8O3/c1-38(2)11-12-42-22-9-7-20(8-10-22)35-28(41)34-19-5-3-18(4-6-19)25-36-26(39-15-23-13-21(39)16-43-23)24-14-33-40(27(24)37-25)17-29(30,31)32/h3-10,14,21,23H,11-13,15-17H2,1-2H3,(H2,34,35,41)/t21-,23-/m0/s1. The maximum Gasteiger partial charge on any atom is 0.408 e. The molecule has 0 saturated carbocycles. The van der Waals surface area contributed by atoms with Crippen LogP contribution in [0.3, 0.4) is 0 Å². The average molecular weight is 597 g/mol. The zero-order valence-corrected chi connectivity index (χ0v) is 23.6. The van der Waals surface area contributed by atoms with Crippen LogP contribution in [0.4, 0.5) is 35.2 Å². The molecule has 0 aliphatic carbocycles. The van der Waals surface area contributed by atoms with Crippen LogP contribution in [0, 0.1) is 0 Å². The summed E-state index contributed by atoms with van der Waals surface area (Å²) in [4.78, 5) is 25.9. The fraction of sp³-hybridized carbons (Fsp3) is 0.379. The summed E-state index contributed by atoms with van der Waals surface area (Å²) in [6.07, 6.45) is -2.15. The van der Waals surface area contributed by atoms with Crippen LogP contribution in [-0.4, -0.2) is 89.4 Å². The number of anilines is 3. The smallest absolute Gasteiger partial charge is 0.408 e. The molecule has 2 fully saturated rings. The summed E-state index contributed by atoms with van der Waals surface area (Å²) in [5.74, 6) is 1.51. The van der Waals surface area contributed by atoms with Crippen molar-refractivity contribution in [3.8, 4) is 17.1 Å². The van der Waals surface area contributed by atoms with E-state index in [1.165, 1.54) is 6.20 Å². The molecule has 0 spiro atoms. The van der Waals surface area contributed by atoms with Crippen LogP contribution in [-0.2, 0) is 11.3 Å². The lowest BCUT2D eigenvalue weighted by Gasteiger charge is -2.28. The predicted octanol–water partition coefficient (Wildman–Crippen LogP) is 4.62. The quantitative estimate of drug-likeness (QED) is 0.288. The van der Waals surface area contributed by atoms with Crippen molar-refractivity contribution in [2.45, 2.75) is 31.3 Å². The topological polar surface area (TPSA) is 110 Å². The Labute approximate surface area is 245 Å². The Balaban J connectivity index is 1.17. The molecule has 2 aromatic heterocycles. The molecule has 6 rings (SSSR count). The monoisotopic (exact) mass is 596 g/mol. The van der Waals surface area contributed by atoms with Crippen LogP contribution < -0.4 is 20.3 Å². The second kappa shape index (κ2) is 11.7. The molecule has 2 aliphatic rings. The highest BCUT2D eigenvalue weighted by atomic mass is 19.4. The van der Waals surface area contributed by atoms with Crippen molar-refractivity contribution in [3.63, 3.8) is 0 Å². The van der Waals surface area contributed by atoms with Crippen LogP contribution in [0.2, 0.25) is 0 Å². The summed E-state index contributed by atoms with van der Waals surface area (Å²) < 4.78 is 52.1. The van der Waals surface area contributed by atoms with Gasteiger partial charge in [0.2, 0.25) is 0 Å². The Bertz CT molecular complexity index is 1590. The second-order valence-electron chi connectivity index (χ2n) is 10.9. The van der Waals surface area contributed by atoms with Crippen molar-refractivity contribution in [3.05, 3.63) is 54.7 Å². The molecule has 0 unspecified atom stereocenters. The van der Waals surface area contributed by atoms with E-state index in [4.69, 9.17) is 14.5 Å². The maximum absolute atomic E-state index is 13.3. The Morgan fingerprint density at radius 3 is 2.37 bits per heavy atom. The van der Waals surface area contributed by atoms with E-state index in [1.807, 2.05) is 19.0 Å². The molecule has 4 heterocycles. The van der Waals surface area contributed by atoms with Gasteiger partial charge in [0.1, 0.15) is 24.7 Å². The SMILES string of the molecule is CN(C)CCOc1ccc(NC(=O)Nc2ccc(-c3nc(N4C[C@@H]5C[C@H]4CO5)c4cnn(CC(F)(F)F)c4n3)cc2)cc1. The molecule has 2 aliphatic heterocycles. The van der Waals surface area contributed by atoms with Crippen molar-refractivity contribution >= 4 is 34.3 Å². The molecule has 0 radical (unpaired) electrons. The first kappa shape index (κ1) is 28.7. The first-order chi connectivity index (χ1) is 20.6. The molecule has 2 N–H and O–H groups in total. The van der Waals surface area contributed by atoms with Crippen LogP contribution in [0.1, 0.15) is 6.42 Å². The van der Waals surface area contributed by atoms with Gasteiger partial charge in [-0.2, -0.15) is 18.3 Å². The van der Waals surface area contributed by atoms with Gasteiger partial charge in [-0.1, -0.05) is 0 Å². The van der Waals surface area contributed by atoms with E-state index in [-0.39, 0.29) is 23.6 Å². The van der Waals surface area contributed by atoms with Gasteiger partial charge >= 0.3 is 12.2 Å². The molecule has 4 aromatic rings. The summed E-state index contributed by atoms with van der Waals surface area (Å²) in [5, 5.41) is 10.0. The largest absolute Gasteiger partial charge is 0.492 e. The second-order valence-corrected chi connectivity index (χ2v) is 10.9. The number of halogens is 3. The number of hydrogen-bond donors (Lipinski definition) is 2. The lowest BCUT2D eigenvalue weighted by atomic mass is 10.2. The molecule has 14 heteroatoms. The number of likely N-dealkylation sites (N-methyl/N-ethyl adjacent to an activating group) is 1. The lowest BCUT2D eigenvalue weighted by molar-refractivity contribution is -0.141. The Kier molecular flexibility index (Phi) is 7.79. The number of amides is 2. The van der Waals surface area contributed by atoms with Crippen LogP contribution in [0.15, 0.2) is 54.7 Å². The third-order valence-corrected chi connectivity index (χ3v) is 7.30.